The van der Waals surface area contributed by atoms with E-state index in [0.717, 1.165) is 33.8 Å². The van der Waals surface area contributed by atoms with Gasteiger partial charge in [-0.15, -0.1) is 11.3 Å². The van der Waals surface area contributed by atoms with Crippen LogP contribution in [0.5, 0.6) is 0 Å². The van der Waals surface area contributed by atoms with Crippen molar-refractivity contribution in [3.8, 4) is 0 Å². The summed E-state index contributed by atoms with van der Waals surface area (Å²) in [7, 11) is 1.02. The van der Waals surface area contributed by atoms with Crippen LogP contribution < -0.4 is 10.8 Å². The Morgan fingerprint density at radius 2 is 1.81 bits per heavy atom. The minimum Gasteiger partial charge on any atom is -0.481 e. The molecular weight excluding hydrogens is 411 g/mol. The number of nitrogens with one attached hydrogen (secondary N) is 1. The average Bonchev–Trinajstić information content (AvgIpc) is 3.32. The Bertz CT molecular complexity index is 1060. The van der Waals surface area contributed by atoms with Crippen LogP contribution in [0.25, 0.3) is 10.2 Å². The molecule has 0 saturated carbocycles. The molecule has 1 aliphatic carbocycles. The number of aliphatic carboxylic acids is 1. The SMILES string of the molecule is CCC.O=C(O)CC1(C(=O)NCc2nc3cc([B]O)ccc3s2)Cc2ccccc2C1. The van der Waals surface area contributed by atoms with E-state index in [1.807, 2.05) is 30.3 Å². The van der Waals surface area contributed by atoms with Gasteiger partial charge < -0.3 is 15.4 Å². The molecule has 1 aliphatic rings. The van der Waals surface area contributed by atoms with Gasteiger partial charge in [-0.3, -0.25) is 9.59 Å². The molecule has 0 spiro atoms. The summed E-state index contributed by atoms with van der Waals surface area (Å²) in [6.45, 7) is 4.49. The zero-order valence-corrected chi connectivity index (χ0v) is 18.5. The molecular formula is C23H26BN2O4S. The lowest BCUT2D eigenvalue weighted by atomic mass is 9.80. The molecule has 3 aromatic rings. The number of benzene rings is 2. The van der Waals surface area contributed by atoms with E-state index in [0.29, 0.717) is 18.3 Å². The summed E-state index contributed by atoms with van der Waals surface area (Å²) in [6, 6.07) is 13.2. The molecule has 1 heterocycles. The van der Waals surface area contributed by atoms with Gasteiger partial charge in [-0.2, -0.15) is 0 Å². The Hall–Kier alpha value is -2.71. The van der Waals surface area contributed by atoms with Crippen LogP contribution in [0.15, 0.2) is 42.5 Å². The first-order valence-corrected chi connectivity index (χ1v) is 11.2. The highest BCUT2D eigenvalue weighted by Crippen LogP contribution is 2.40. The lowest BCUT2D eigenvalue weighted by molar-refractivity contribution is -0.145. The first kappa shape index (κ1) is 23.0. The summed E-state index contributed by atoms with van der Waals surface area (Å²) in [5.41, 5.74) is 2.52. The highest BCUT2D eigenvalue weighted by atomic mass is 32.1. The molecule has 6 nitrogen and oxygen atoms in total. The second-order valence-electron chi connectivity index (χ2n) is 7.83. The van der Waals surface area contributed by atoms with Crippen LogP contribution in [0.4, 0.5) is 0 Å². The van der Waals surface area contributed by atoms with Gasteiger partial charge in [0.05, 0.1) is 28.6 Å². The third-order valence-electron chi connectivity index (χ3n) is 5.15. The minimum absolute atomic E-state index is 0.205. The summed E-state index contributed by atoms with van der Waals surface area (Å²) < 4.78 is 0.961. The highest BCUT2D eigenvalue weighted by Gasteiger charge is 2.45. The maximum Gasteiger partial charge on any atom is 0.326 e. The van der Waals surface area contributed by atoms with Crippen LogP contribution in [0, 0.1) is 5.41 Å². The Kier molecular flexibility index (Phi) is 7.46. The second kappa shape index (κ2) is 10.1. The van der Waals surface area contributed by atoms with E-state index in [1.165, 1.54) is 17.8 Å². The molecule has 3 N–H and O–H groups in total. The van der Waals surface area contributed by atoms with E-state index in [1.54, 1.807) is 12.1 Å². The summed E-state index contributed by atoms with van der Waals surface area (Å²) in [4.78, 5) is 29.0. The largest absolute Gasteiger partial charge is 0.481 e. The first-order chi connectivity index (χ1) is 14.9. The number of carboxylic acids is 1. The molecule has 1 amide bonds. The van der Waals surface area contributed by atoms with E-state index >= 15 is 0 Å². The van der Waals surface area contributed by atoms with E-state index < -0.39 is 11.4 Å². The molecule has 2 aromatic carbocycles. The fourth-order valence-corrected chi connectivity index (χ4v) is 4.73. The van der Waals surface area contributed by atoms with Crippen molar-refractivity contribution in [2.75, 3.05) is 0 Å². The van der Waals surface area contributed by atoms with Gasteiger partial charge in [-0.05, 0) is 36.1 Å². The molecule has 8 heteroatoms. The number of carbonyl (C=O) groups excluding carboxylic acids is 1. The van der Waals surface area contributed by atoms with E-state index in [4.69, 9.17) is 5.02 Å². The summed E-state index contributed by atoms with van der Waals surface area (Å²) in [6.07, 6.45) is 1.90. The number of nitrogens with zero attached hydrogens (tertiary/aromatic N) is 1. The van der Waals surface area contributed by atoms with Gasteiger partial charge in [0.15, 0.2) is 0 Å². The molecule has 161 valence electrons. The van der Waals surface area contributed by atoms with Crippen molar-refractivity contribution in [3.63, 3.8) is 0 Å². The molecule has 31 heavy (non-hydrogen) atoms. The van der Waals surface area contributed by atoms with Crippen molar-refractivity contribution in [1.29, 1.82) is 0 Å². The van der Waals surface area contributed by atoms with Crippen LogP contribution in [0.1, 0.15) is 42.8 Å². The smallest absolute Gasteiger partial charge is 0.326 e. The fraction of sp³-hybridized carbons (Fsp3) is 0.348. The summed E-state index contributed by atoms with van der Waals surface area (Å²) in [5.74, 6) is -1.23. The number of aromatic nitrogens is 1. The zero-order valence-electron chi connectivity index (χ0n) is 17.7. The molecule has 0 fully saturated rings. The van der Waals surface area contributed by atoms with Crippen LogP contribution >= 0.6 is 11.3 Å². The van der Waals surface area contributed by atoms with Crippen molar-refractivity contribution in [1.82, 2.24) is 10.3 Å². The number of rotatable bonds is 6. The van der Waals surface area contributed by atoms with Gasteiger partial charge in [-0.1, -0.05) is 56.1 Å². The Balaban J connectivity index is 0.000000858. The van der Waals surface area contributed by atoms with E-state index in [9.17, 15) is 14.7 Å². The van der Waals surface area contributed by atoms with Gasteiger partial charge in [0.25, 0.3) is 0 Å². The number of amides is 1. The zero-order chi connectivity index (χ0) is 22.4. The van der Waals surface area contributed by atoms with Crippen LogP contribution in [0.2, 0.25) is 0 Å². The van der Waals surface area contributed by atoms with Crippen LogP contribution in [-0.4, -0.2) is 34.5 Å². The number of hydrogen-bond acceptors (Lipinski definition) is 5. The van der Waals surface area contributed by atoms with Gasteiger partial charge in [0, 0.05) is 0 Å². The second-order valence-corrected chi connectivity index (χ2v) is 8.94. The van der Waals surface area contributed by atoms with Crippen molar-refractivity contribution in [2.45, 2.75) is 46.1 Å². The van der Waals surface area contributed by atoms with Crippen molar-refractivity contribution in [3.05, 3.63) is 58.6 Å². The molecule has 1 radical (unpaired) electrons. The topological polar surface area (TPSA) is 99.5 Å². The van der Waals surface area contributed by atoms with E-state index in [-0.39, 0.29) is 18.9 Å². The number of carbonyl (C=O) groups is 2. The molecule has 4 rings (SSSR count). The predicted molar refractivity (Wildman–Crippen MR) is 124 cm³/mol. The third-order valence-corrected chi connectivity index (χ3v) is 6.19. The monoisotopic (exact) mass is 437 g/mol. The van der Waals surface area contributed by atoms with Crippen molar-refractivity contribution in [2.24, 2.45) is 5.41 Å². The average molecular weight is 437 g/mol. The molecule has 1 aromatic heterocycles. The number of hydrogen-bond donors (Lipinski definition) is 3. The molecule has 0 saturated heterocycles. The lowest BCUT2D eigenvalue weighted by Gasteiger charge is -2.25. The third kappa shape index (κ3) is 5.32. The lowest BCUT2D eigenvalue weighted by Crippen LogP contribution is -2.43. The number of fused-ring (bicyclic) bond motifs is 2. The van der Waals surface area contributed by atoms with Crippen LogP contribution in [0.3, 0.4) is 0 Å². The molecule has 0 unspecified atom stereocenters. The van der Waals surface area contributed by atoms with Crippen molar-refractivity contribution >= 4 is 46.4 Å². The molecule has 0 aliphatic heterocycles. The summed E-state index contributed by atoms with van der Waals surface area (Å²) >= 11 is 1.46. The Morgan fingerprint density at radius 1 is 1.16 bits per heavy atom. The van der Waals surface area contributed by atoms with Gasteiger partial charge in [-0.25, -0.2) is 4.98 Å². The summed E-state index contributed by atoms with van der Waals surface area (Å²) in [5, 5.41) is 22.1. The van der Waals surface area contributed by atoms with Gasteiger partial charge in [0.1, 0.15) is 5.01 Å². The van der Waals surface area contributed by atoms with Crippen LogP contribution in [-0.2, 0) is 29.0 Å². The van der Waals surface area contributed by atoms with Crippen molar-refractivity contribution < 1.29 is 19.7 Å². The quantitative estimate of drug-likeness (QED) is 0.515. The minimum atomic E-state index is -0.976. The van der Waals surface area contributed by atoms with E-state index in [2.05, 4.69) is 24.1 Å². The maximum atomic E-state index is 13.0. The maximum absolute atomic E-state index is 13.0. The Labute approximate surface area is 186 Å². The van der Waals surface area contributed by atoms with Gasteiger partial charge >= 0.3 is 13.5 Å². The standard InChI is InChI=1S/C20H18BN2O4S.C3H8/c24-18(25)10-20(8-12-3-1-2-4-13(12)9-20)19(26)22-11-17-23-15-7-14(21-27)5-6-16(15)28-17;1-3-2/h1-7,27H,8-11H2,(H,22,26)(H,24,25);3H2,1-2H3. The normalized spacial score (nSPS) is 13.8. The molecule has 0 atom stereocenters. The Morgan fingerprint density at radius 3 is 2.39 bits per heavy atom. The number of thiazole rings is 1. The number of carboxylic acid groups (broad SMARTS) is 1. The predicted octanol–water partition coefficient (Wildman–Crippen LogP) is 2.83. The fourth-order valence-electron chi connectivity index (χ4n) is 3.84. The van der Waals surface area contributed by atoms with Gasteiger partial charge in [0.2, 0.25) is 5.91 Å². The molecule has 0 bridgehead atoms. The first-order valence-electron chi connectivity index (χ1n) is 10.3. The highest BCUT2D eigenvalue weighted by molar-refractivity contribution is 7.18.